The molecule has 2 aliphatic rings. The lowest BCUT2D eigenvalue weighted by molar-refractivity contribution is 0.124. The van der Waals surface area contributed by atoms with Crippen LogP contribution in [0.25, 0.3) is 11.1 Å². The predicted octanol–water partition coefficient (Wildman–Crippen LogP) is 8.67. The molecule has 0 saturated heterocycles. The van der Waals surface area contributed by atoms with Crippen LogP contribution < -0.4 is 4.74 Å². The smallest absolute Gasteiger partial charge is 0.165 e. The van der Waals surface area contributed by atoms with E-state index in [0.29, 0.717) is 5.92 Å². The first-order chi connectivity index (χ1) is 16.5. The molecule has 3 aromatic rings. The molecule has 0 spiro atoms. The Morgan fingerprint density at radius 1 is 0.765 bits per heavy atom. The molecule has 0 aliphatic heterocycles. The second-order valence-electron chi connectivity index (χ2n) is 10.2. The highest BCUT2D eigenvalue weighted by molar-refractivity contribution is 5.66. The van der Waals surface area contributed by atoms with Gasteiger partial charge in [-0.05, 0) is 96.7 Å². The van der Waals surface area contributed by atoms with Crippen molar-refractivity contribution in [3.8, 4) is 16.9 Å². The fourth-order valence-corrected chi connectivity index (χ4v) is 6.04. The fraction of sp³-hybridized carbons (Fsp3) is 0.400. The van der Waals surface area contributed by atoms with Crippen molar-refractivity contribution < 1.29 is 17.9 Å². The highest BCUT2D eigenvalue weighted by atomic mass is 19.1. The quantitative estimate of drug-likeness (QED) is 0.367. The molecule has 1 nitrogen and oxygen atoms in total. The van der Waals surface area contributed by atoms with Gasteiger partial charge in [0.25, 0.3) is 0 Å². The Labute approximate surface area is 200 Å². The van der Waals surface area contributed by atoms with Gasteiger partial charge in [-0.3, -0.25) is 0 Å². The lowest BCUT2D eigenvalue weighted by atomic mass is 9.64. The van der Waals surface area contributed by atoms with Crippen LogP contribution in [-0.4, -0.2) is 0 Å². The van der Waals surface area contributed by atoms with Crippen molar-refractivity contribution in [1.82, 2.24) is 0 Å². The third-order valence-electron chi connectivity index (χ3n) is 7.87. The Kier molecular flexibility index (Phi) is 6.67. The zero-order valence-corrected chi connectivity index (χ0v) is 19.6. The van der Waals surface area contributed by atoms with Crippen molar-refractivity contribution in [3.05, 3.63) is 89.2 Å². The topological polar surface area (TPSA) is 9.23 Å². The summed E-state index contributed by atoms with van der Waals surface area (Å²) in [6, 6.07) is 16.5. The number of halogens is 3. The van der Waals surface area contributed by atoms with Crippen LogP contribution in [0.3, 0.4) is 0 Å². The molecule has 5 rings (SSSR count). The molecule has 34 heavy (non-hydrogen) atoms. The van der Waals surface area contributed by atoms with Crippen molar-refractivity contribution in [2.45, 2.75) is 58.0 Å². The summed E-state index contributed by atoms with van der Waals surface area (Å²) in [6.07, 6.45) is 6.90. The summed E-state index contributed by atoms with van der Waals surface area (Å²) in [5, 5.41) is 0. The van der Waals surface area contributed by atoms with Gasteiger partial charge < -0.3 is 4.74 Å². The van der Waals surface area contributed by atoms with Gasteiger partial charge in [-0.1, -0.05) is 49.7 Å². The summed E-state index contributed by atoms with van der Waals surface area (Å²) >= 11 is 0. The first-order valence-corrected chi connectivity index (χ1v) is 12.4. The van der Waals surface area contributed by atoms with Gasteiger partial charge in [0.15, 0.2) is 11.6 Å². The maximum Gasteiger partial charge on any atom is 0.165 e. The molecule has 0 radical (unpaired) electrons. The molecule has 0 amide bonds. The van der Waals surface area contributed by atoms with E-state index in [1.807, 2.05) is 30.3 Å². The summed E-state index contributed by atoms with van der Waals surface area (Å²) in [4.78, 5) is 0. The minimum Gasteiger partial charge on any atom is -0.486 e. The Bertz CT molecular complexity index is 1120. The Morgan fingerprint density at radius 3 is 2.21 bits per heavy atom. The van der Waals surface area contributed by atoms with Crippen molar-refractivity contribution >= 4 is 0 Å². The van der Waals surface area contributed by atoms with E-state index in [0.717, 1.165) is 48.3 Å². The Morgan fingerprint density at radius 2 is 1.47 bits per heavy atom. The number of hydrogen-bond acceptors (Lipinski definition) is 1. The van der Waals surface area contributed by atoms with Gasteiger partial charge in [0, 0.05) is 0 Å². The van der Waals surface area contributed by atoms with E-state index in [4.69, 9.17) is 4.74 Å². The molecule has 0 heterocycles. The fourth-order valence-electron chi connectivity index (χ4n) is 6.04. The zero-order chi connectivity index (χ0) is 23.7. The molecule has 3 aromatic carbocycles. The first-order valence-electron chi connectivity index (χ1n) is 12.4. The molecule has 2 fully saturated rings. The van der Waals surface area contributed by atoms with Gasteiger partial charge in [-0.25, -0.2) is 13.2 Å². The number of rotatable bonds is 5. The normalized spacial score (nSPS) is 24.5. The molecule has 0 bridgehead atoms. The van der Waals surface area contributed by atoms with Crippen LogP contribution in [0.4, 0.5) is 13.2 Å². The Balaban J connectivity index is 1.32. The van der Waals surface area contributed by atoms with Gasteiger partial charge in [0.2, 0.25) is 0 Å². The monoisotopic (exact) mass is 464 g/mol. The van der Waals surface area contributed by atoms with Crippen molar-refractivity contribution in [2.75, 3.05) is 0 Å². The van der Waals surface area contributed by atoms with Crippen LogP contribution >= 0.6 is 0 Å². The third-order valence-corrected chi connectivity index (χ3v) is 7.87. The van der Waals surface area contributed by atoms with Gasteiger partial charge >= 0.3 is 0 Å². The van der Waals surface area contributed by atoms with E-state index in [1.54, 1.807) is 0 Å². The van der Waals surface area contributed by atoms with Crippen LogP contribution in [-0.2, 0) is 6.61 Å². The SMILES string of the molecule is CC1CCC2CC(c3cc(F)c(-c4ccc(OCc5ccccc5)c(F)c4)c(F)c3)CCC2C1. The first kappa shape index (κ1) is 23.0. The zero-order valence-electron chi connectivity index (χ0n) is 19.6. The molecular formula is C30H31F3O. The highest BCUT2D eigenvalue weighted by Crippen LogP contribution is 2.48. The number of benzene rings is 3. The molecular weight excluding hydrogens is 433 g/mol. The minimum absolute atomic E-state index is 0.0589. The van der Waals surface area contributed by atoms with E-state index in [1.165, 1.54) is 43.5 Å². The lowest BCUT2D eigenvalue weighted by Crippen LogP contribution is -2.29. The minimum atomic E-state index is -0.638. The van der Waals surface area contributed by atoms with Gasteiger partial charge in [-0.2, -0.15) is 0 Å². The Hall–Kier alpha value is -2.75. The highest BCUT2D eigenvalue weighted by Gasteiger charge is 2.35. The van der Waals surface area contributed by atoms with Crippen molar-refractivity contribution in [1.29, 1.82) is 0 Å². The summed E-state index contributed by atoms with van der Waals surface area (Å²) in [6.45, 7) is 2.55. The van der Waals surface area contributed by atoms with Crippen LogP contribution in [0.15, 0.2) is 60.7 Å². The van der Waals surface area contributed by atoms with Crippen LogP contribution in [0.5, 0.6) is 5.75 Å². The van der Waals surface area contributed by atoms with Crippen LogP contribution in [0.2, 0.25) is 0 Å². The predicted molar refractivity (Wildman–Crippen MR) is 129 cm³/mol. The van der Waals surface area contributed by atoms with Gasteiger partial charge in [0.1, 0.15) is 18.2 Å². The number of ether oxygens (including phenoxy) is 1. The maximum absolute atomic E-state index is 15.1. The standard InChI is InChI=1S/C30H31F3O/c1-19-7-8-22-14-23(10-9-21(22)13-19)25-16-27(32)30(28(33)17-25)24-11-12-29(26(31)15-24)34-18-20-5-3-2-4-6-20/h2-6,11-12,15-17,19,21-23H,7-10,13-14,18H2,1H3. The molecule has 4 unspecified atom stereocenters. The number of fused-ring (bicyclic) bond motifs is 1. The lowest BCUT2D eigenvalue weighted by Gasteiger charge is -2.41. The van der Waals surface area contributed by atoms with Gasteiger partial charge in [0.05, 0.1) is 5.56 Å². The maximum atomic E-state index is 15.1. The van der Waals surface area contributed by atoms with Crippen molar-refractivity contribution in [3.63, 3.8) is 0 Å². The molecule has 4 atom stereocenters. The van der Waals surface area contributed by atoms with Crippen molar-refractivity contribution in [2.24, 2.45) is 17.8 Å². The summed E-state index contributed by atoms with van der Waals surface area (Å²) in [5.74, 6) is 0.571. The van der Waals surface area contributed by atoms with Crippen LogP contribution in [0.1, 0.15) is 62.5 Å². The second kappa shape index (κ2) is 9.85. The summed E-state index contributed by atoms with van der Waals surface area (Å²) < 4.78 is 50.5. The van der Waals surface area contributed by atoms with Gasteiger partial charge in [-0.15, -0.1) is 0 Å². The number of hydrogen-bond donors (Lipinski definition) is 0. The van der Waals surface area contributed by atoms with E-state index in [-0.39, 0.29) is 29.4 Å². The summed E-state index contributed by atoms with van der Waals surface area (Å²) in [5.41, 5.74) is 1.64. The summed E-state index contributed by atoms with van der Waals surface area (Å²) in [7, 11) is 0. The second-order valence-corrected chi connectivity index (χ2v) is 10.2. The molecule has 0 aromatic heterocycles. The van der Waals surface area contributed by atoms with E-state index < -0.39 is 17.5 Å². The van der Waals surface area contributed by atoms with Crippen LogP contribution in [0, 0.1) is 35.2 Å². The molecule has 0 N–H and O–H groups in total. The molecule has 178 valence electrons. The average molecular weight is 465 g/mol. The largest absolute Gasteiger partial charge is 0.486 e. The third kappa shape index (κ3) is 4.87. The average Bonchev–Trinajstić information content (AvgIpc) is 2.83. The van der Waals surface area contributed by atoms with E-state index in [9.17, 15) is 4.39 Å². The van der Waals surface area contributed by atoms with E-state index >= 15 is 8.78 Å². The van der Waals surface area contributed by atoms with E-state index in [2.05, 4.69) is 6.92 Å². The molecule has 2 aliphatic carbocycles. The molecule has 4 heteroatoms. The molecule has 2 saturated carbocycles.